The number of hydrogen-bond donors (Lipinski definition) is 1. The van der Waals surface area contributed by atoms with Gasteiger partial charge < -0.3 is 5.11 Å². The molecule has 0 radical (unpaired) electrons. The summed E-state index contributed by atoms with van der Waals surface area (Å²) < 4.78 is 0. The highest BCUT2D eigenvalue weighted by Crippen LogP contribution is 2.33. The van der Waals surface area contributed by atoms with E-state index >= 15 is 0 Å². The molecule has 3 aromatic carbocycles. The maximum Gasteiger partial charge on any atom is 0.116 e. The van der Waals surface area contributed by atoms with E-state index in [0.29, 0.717) is 21.4 Å². The molecule has 0 amide bonds. The molecule has 0 atom stereocenters. The monoisotopic (exact) mass is 316 g/mol. The summed E-state index contributed by atoms with van der Waals surface area (Å²) in [7, 11) is 0. The van der Waals surface area contributed by atoms with Gasteiger partial charge in [0.25, 0.3) is 0 Å². The van der Waals surface area contributed by atoms with Crippen LogP contribution in [0.25, 0.3) is 10.8 Å². The van der Waals surface area contributed by atoms with Gasteiger partial charge in [-0.15, -0.1) is 5.11 Å². The fourth-order valence-corrected chi connectivity index (χ4v) is 2.30. The Morgan fingerprint density at radius 3 is 2.43 bits per heavy atom. The van der Waals surface area contributed by atoms with Crippen LogP contribution in [0.1, 0.15) is 0 Å². The van der Waals surface area contributed by atoms with Crippen molar-refractivity contribution in [3.63, 3.8) is 0 Å². The van der Waals surface area contributed by atoms with E-state index in [-0.39, 0.29) is 5.75 Å². The predicted molar refractivity (Wildman–Crippen MR) is 86.3 cm³/mol. The van der Waals surface area contributed by atoms with Crippen LogP contribution in [0.4, 0.5) is 11.4 Å². The summed E-state index contributed by atoms with van der Waals surface area (Å²) in [5.41, 5.74) is 1.22. The van der Waals surface area contributed by atoms with Gasteiger partial charge in [0.15, 0.2) is 0 Å². The van der Waals surface area contributed by atoms with Gasteiger partial charge in [0.1, 0.15) is 11.4 Å². The molecule has 0 bridgehead atoms. The molecule has 3 rings (SSSR count). The summed E-state index contributed by atoms with van der Waals surface area (Å²) in [6.45, 7) is 0. The summed E-state index contributed by atoms with van der Waals surface area (Å²) in [6.07, 6.45) is 0. The standard InChI is InChI=1S/C16H10Cl2N2O/c17-14-2-1-3-15(16(14)18)20-19-12-6-4-11-9-13(21)7-5-10(11)8-12/h1-9,21H/b20-19+. The minimum Gasteiger partial charge on any atom is -0.508 e. The minimum atomic E-state index is 0.239. The van der Waals surface area contributed by atoms with Crippen LogP contribution < -0.4 is 0 Å². The molecule has 3 nitrogen and oxygen atoms in total. The van der Waals surface area contributed by atoms with E-state index in [9.17, 15) is 5.11 Å². The van der Waals surface area contributed by atoms with Gasteiger partial charge in [-0.05, 0) is 47.2 Å². The second-order valence-electron chi connectivity index (χ2n) is 4.49. The molecule has 0 heterocycles. The average molecular weight is 317 g/mol. The van der Waals surface area contributed by atoms with E-state index in [1.165, 1.54) is 0 Å². The average Bonchev–Trinajstić information content (AvgIpc) is 2.49. The summed E-state index contributed by atoms with van der Waals surface area (Å²) in [5.74, 6) is 0.239. The summed E-state index contributed by atoms with van der Waals surface area (Å²) in [4.78, 5) is 0. The van der Waals surface area contributed by atoms with Crippen LogP contribution in [-0.4, -0.2) is 5.11 Å². The van der Waals surface area contributed by atoms with E-state index in [4.69, 9.17) is 23.2 Å². The molecule has 0 saturated heterocycles. The highest BCUT2D eigenvalue weighted by Gasteiger charge is 2.03. The quantitative estimate of drug-likeness (QED) is 0.556. The third kappa shape index (κ3) is 2.99. The van der Waals surface area contributed by atoms with E-state index in [2.05, 4.69) is 10.2 Å². The van der Waals surface area contributed by atoms with Crippen molar-refractivity contribution in [2.45, 2.75) is 0 Å². The summed E-state index contributed by atoms with van der Waals surface area (Å²) in [5, 5.41) is 20.5. The Labute approximate surface area is 131 Å². The van der Waals surface area contributed by atoms with Crippen LogP contribution in [0.2, 0.25) is 10.0 Å². The fourth-order valence-electron chi connectivity index (χ4n) is 1.96. The van der Waals surface area contributed by atoms with Gasteiger partial charge >= 0.3 is 0 Å². The summed E-state index contributed by atoms with van der Waals surface area (Å²) >= 11 is 12.0. The van der Waals surface area contributed by atoms with Crippen LogP contribution in [-0.2, 0) is 0 Å². The van der Waals surface area contributed by atoms with Crippen molar-refractivity contribution in [1.29, 1.82) is 0 Å². The SMILES string of the molecule is Oc1ccc2cc(/N=N/c3cccc(Cl)c3Cl)ccc2c1. The van der Waals surface area contributed by atoms with Crippen LogP contribution in [0.3, 0.4) is 0 Å². The molecule has 1 N–H and O–H groups in total. The Bertz CT molecular complexity index is 847. The second kappa shape index (κ2) is 5.72. The lowest BCUT2D eigenvalue weighted by Crippen LogP contribution is -1.73. The first-order valence-corrected chi connectivity index (χ1v) is 6.97. The zero-order chi connectivity index (χ0) is 14.8. The topological polar surface area (TPSA) is 45.0 Å². The maximum absolute atomic E-state index is 9.44. The predicted octanol–water partition coefficient (Wildman–Crippen LogP) is 6.27. The van der Waals surface area contributed by atoms with E-state index < -0.39 is 0 Å². The van der Waals surface area contributed by atoms with E-state index in [1.54, 1.807) is 30.3 Å². The van der Waals surface area contributed by atoms with Crippen LogP contribution >= 0.6 is 23.2 Å². The highest BCUT2D eigenvalue weighted by molar-refractivity contribution is 6.43. The van der Waals surface area contributed by atoms with Crippen molar-refractivity contribution in [3.05, 3.63) is 64.6 Å². The van der Waals surface area contributed by atoms with Gasteiger partial charge in [-0.2, -0.15) is 5.11 Å². The number of aromatic hydroxyl groups is 1. The van der Waals surface area contributed by atoms with Crippen molar-refractivity contribution in [2.24, 2.45) is 10.2 Å². The van der Waals surface area contributed by atoms with Gasteiger partial charge in [-0.3, -0.25) is 0 Å². The van der Waals surface area contributed by atoms with Crippen LogP contribution in [0.5, 0.6) is 5.75 Å². The zero-order valence-electron chi connectivity index (χ0n) is 10.8. The zero-order valence-corrected chi connectivity index (χ0v) is 12.3. The molecule has 0 aliphatic heterocycles. The number of benzene rings is 3. The van der Waals surface area contributed by atoms with Crippen molar-refractivity contribution in [2.75, 3.05) is 0 Å². The number of azo groups is 1. The number of phenolic OH excluding ortho intramolecular Hbond substituents is 1. The molecule has 104 valence electrons. The number of hydrogen-bond acceptors (Lipinski definition) is 3. The van der Waals surface area contributed by atoms with Gasteiger partial charge in [0.05, 0.1) is 15.7 Å². The van der Waals surface area contributed by atoms with Crippen LogP contribution in [0.15, 0.2) is 64.8 Å². The molecule has 5 heteroatoms. The first-order chi connectivity index (χ1) is 10.1. The lowest BCUT2D eigenvalue weighted by molar-refractivity contribution is 0.476. The molecule has 0 saturated carbocycles. The second-order valence-corrected chi connectivity index (χ2v) is 5.27. The summed E-state index contributed by atoms with van der Waals surface area (Å²) in [6, 6.07) is 16.0. The van der Waals surface area contributed by atoms with Crippen molar-refractivity contribution in [3.8, 4) is 5.75 Å². The molecular weight excluding hydrogens is 307 g/mol. The largest absolute Gasteiger partial charge is 0.508 e. The molecule has 0 fully saturated rings. The van der Waals surface area contributed by atoms with E-state index in [1.807, 2.05) is 24.3 Å². The first-order valence-electron chi connectivity index (χ1n) is 6.22. The molecular formula is C16H10Cl2N2O. The Morgan fingerprint density at radius 1 is 0.810 bits per heavy atom. The minimum absolute atomic E-state index is 0.239. The molecule has 0 spiro atoms. The lowest BCUT2D eigenvalue weighted by atomic mass is 10.1. The van der Waals surface area contributed by atoms with Gasteiger partial charge in [-0.1, -0.05) is 41.4 Å². The number of halogens is 2. The third-order valence-electron chi connectivity index (χ3n) is 3.01. The van der Waals surface area contributed by atoms with Crippen LogP contribution in [0, 0.1) is 0 Å². The number of nitrogens with zero attached hydrogens (tertiary/aromatic N) is 2. The van der Waals surface area contributed by atoms with Crippen molar-refractivity contribution in [1.82, 2.24) is 0 Å². The lowest BCUT2D eigenvalue weighted by Gasteiger charge is -2.01. The smallest absolute Gasteiger partial charge is 0.116 e. The van der Waals surface area contributed by atoms with E-state index in [0.717, 1.165) is 10.8 Å². The molecule has 21 heavy (non-hydrogen) atoms. The molecule has 0 aromatic heterocycles. The first kappa shape index (κ1) is 13.9. The van der Waals surface area contributed by atoms with Gasteiger partial charge in [0, 0.05) is 0 Å². The van der Waals surface area contributed by atoms with Gasteiger partial charge in [-0.25, -0.2) is 0 Å². The fraction of sp³-hybridized carbons (Fsp3) is 0. The Balaban J connectivity index is 1.96. The highest BCUT2D eigenvalue weighted by atomic mass is 35.5. The third-order valence-corrected chi connectivity index (χ3v) is 3.82. The Morgan fingerprint density at radius 2 is 1.57 bits per heavy atom. The van der Waals surface area contributed by atoms with Gasteiger partial charge in [0.2, 0.25) is 0 Å². The number of fused-ring (bicyclic) bond motifs is 1. The normalized spacial score (nSPS) is 11.3. The molecule has 3 aromatic rings. The Hall–Kier alpha value is -2.10. The Kier molecular flexibility index (Phi) is 3.78. The van der Waals surface area contributed by atoms with Crippen molar-refractivity contribution < 1.29 is 5.11 Å². The molecule has 0 unspecified atom stereocenters. The maximum atomic E-state index is 9.44. The number of phenols is 1. The number of rotatable bonds is 2. The molecule has 0 aliphatic carbocycles. The molecule has 0 aliphatic rings. The van der Waals surface area contributed by atoms with Crippen molar-refractivity contribution >= 4 is 45.3 Å².